The van der Waals surface area contributed by atoms with E-state index >= 15 is 0 Å². The second-order valence-corrected chi connectivity index (χ2v) is 7.36. The first-order chi connectivity index (χ1) is 8.52. The van der Waals surface area contributed by atoms with Gasteiger partial charge < -0.3 is 14.8 Å². The van der Waals surface area contributed by atoms with Gasteiger partial charge in [-0.15, -0.1) is 0 Å². The van der Waals surface area contributed by atoms with E-state index in [0.29, 0.717) is 29.8 Å². The highest BCUT2D eigenvalue weighted by Crippen LogP contribution is 2.62. The molecule has 0 spiro atoms. The van der Waals surface area contributed by atoms with Gasteiger partial charge in [0.05, 0.1) is 12.7 Å². The molecule has 1 N–H and O–H groups in total. The van der Waals surface area contributed by atoms with E-state index in [1.807, 2.05) is 0 Å². The van der Waals surface area contributed by atoms with Crippen molar-refractivity contribution in [2.75, 3.05) is 19.9 Å². The molecular weight excluding hydrogens is 226 g/mol. The standard InChI is InChI=1S/C15H27NO2/c1-14(2)11-4-6-15(3,8-11)13(14)16-9-12-5-7-17-10-18-12/h11-13,16H,4-10H2,1-3H3. The summed E-state index contributed by atoms with van der Waals surface area (Å²) in [7, 11) is 0. The molecule has 18 heavy (non-hydrogen) atoms. The van der Waals surface area contributed by atoms with E-state index in [1.54, 1.807) is 0 Å². The Morgan fingerprint density at radius 3 is 2.67 bits per heavy atom. The molecule has 2 bridgehead atoms. The number of rotatable bonds is 3. The third kappa shape index (κ3) is 2.00. The van der Waals surface area contributed by atoms with Crippen molar-refractivity contribution in [2.24, 2.45) is 16.7 Å². The summed E-state index contributed by atoms with van der Waals surface area (Å²) >= 11 is 0. The predicted octanol–water partition coefficient (Wildman–Crippen LogP) is 2.55. The number of hydrogen-bond donors (Lipinski definition) is 1. The smallest absolute Gasteiger partial charge is 0.147 e. The molecule has 0 amide bonds. The number of nitrogens with one attached hydrogen (secondary N) is 1. The Morgan fingerprint density at radius 2 is 2.06 bits per heavy atom. The van der Waals surface area contributed by atoms with Crippen molar-refractivity contribution in [3.63, 3.8) is 0 Å². The lowest BCUT2D eigenvalue weighted by Gasteiger charge is -2.44. The van der Waals surface area contributed by atoms with Gasteiger partial charge in [0.2, 0.25) is 0 Å². The number of fused-ring (bicyclic) bond motifs is 2. The Labute approximate surface area is 111 Å². The first kappa shape index (κ1) is 12.9. The van der Waals surface area contributed by atoms with Gasteiger partial charge in [-0.3, -0.25) is 0 Å². The minimum atomic E-state index is 0.345. The van der Waals surface area contributed by atoms with Crippen LogP contribution in [0.3, 0.4) is 0 Å². The van der Waals surface area contributed by atoms with Gasteiger partial charge in [-0.25, -0.2) is 0 Å². The molecule has 0 aromatic carbocycles. The van der Waals surface area contributed by atoms with E-state index in [4.69, 9.17) is 9.47 Å². The van der Waals surface area contributed by atoms with Crippen molar-refractivity contribution < 1.29 is 9.47 Å². The molecule has 0 aromatic rings. The molecule has 2 aliphatic carbocycles. The topological polar surface area (TPSA) is 30.5 Å². The predicted molar refractivity (Wildman–Crippen MR) is 71.3 cm³/mol. The van der Waals surface area contributed by atoms with E-state index < -0.39 is 0 Å². The minimum absolute atomic E-state index is 0.345. The van der Waals surface area contributed by atoms with Gasteiger partial charge in [-0.2, -0.15) is 0 Å². The van der Waals surface area contributed by atoms with Gasteiger partial charge in [-0.1, -0.05) is 20.8 Å². The molecule has 3 nitrogen and oxygen atoms in total. The second-order valence-electron chi connectivity index (χ2n) is 7.36. The normalized spacial score (nSPS) is 46.5. The van der Waals surface area contributed by atoms with Gasteiger partial charge in [-0.05, 0) is 42.4 Å². The van der Waals surface area contributed by atoms with E-state index in [-0.39, 0.29) is 0 Å². The summed E-state index contributed by atoms with van der Waals surface area (Å²) in [6.07, 6.45) is 5.60. The fourth-order valence-corrected chi connectivity index (χ4v) is 4.72. The van der Waals surface area contributed by atoms with E-state index in [1.165, 1.54) is 19.3 Å². The number of hydrogen-bond acceptors (Lipinski definition) is 3. The average molecular weight is 253 g/mol. The van der Waals surface area contributed by atoms with Crippen LogP contribution in [0.15, 0.2) is 0 Å². The first-order valence-corrected chi connectivity index (χ1v) is 7.45. The van der Waals surface area contributed by atoms with Crippen LogP contribution in [0, 0.1) is 16.7 Å². The van der Waals surface area contributed by atoms with Crippen molar-refractivity contribution in [3.05, 3.63) is 0 Å². The Balaban J connectivity index is 1.61. The van der Waals surface area contributed by atoms with Gasteiger partial charge in [0.15, 0.2) is 0 Å². The third-order valence-electron chi connectivity index (χ3n) is 5.79. The monoisotopic (exact) mass is 253 g/mol. The van der Waals surface area contributed by atoms with Crippen LogP contribution in [-0.2, 0) is 9.47 Å². The van der Waals surface area contributed by atoms with Crippen LogP contribution in [0.5, 0.6) is 0 Å². The molecule has 4 unspecified atom stereocenters. The van der Waals surface area contributed by atoms with Gasteiger partial charge in [0, 0.05) is 12.6 Å². The Kier molecular flexibility index (Phi) is 3.20. The van der Waals surface area contributed by atoms with E-state index in [0.717, 1.165) is 25.5 Å². The van der Waals surface area contributed by atoms with E-state index in [2.05, 4.69) is 26.1 Å². The second kappa shape index (κ2) is 4.46. The molecule has 0 radical (unpaired) electrons. The molecular formula is C15H27NO2. The Morgan fingerprint density at radius 1 is 1.22 bits per heavy atom. The maximum Gasteiger partial charge on any atom is 0.147 e. The van der Waals surface area contributed by atoms with Crippen molar-refractivity contribution in [2.45, 2.75) is 58.6 Å². The van der Waals surface area contributed by atoms with Crippen LogP contribution in [0.2, 0.25) is 0 Å². The molecule has 1 saturated heterocycles. The van der Waals surface area contributed by atoms with Crippen LogP contribution < -0.4 is 5.32 Å². The summed E-state index contributed by atoms with van der Waals surface area (Å²) in [5.74, 6) is 0.913. The first-order valence-electron chi connectivity index (χ1n) is 7.45. The maximum absolute atomic E-state index is 5.63. The molecule has 3 heteroatoms. The zero-order valence-corrected chi connectivity index (χ0v) is 12.0. The molecule has 3 rings (SSSR count). The lowest BCUT2D eigenvalue weighted by Crippen LogP contribution is -2.52. The highest BCUT2D eigenvalue weighted by atomic mass is 16.7. The summed E-state index contributed by atoms with van der Waals surface area (Å²) in [5.41, 5.74) is 0.956. The summed E-state index contributed by atoms with van der Waals surface area (Å²) < 4.78 is 10.9. The molecule has 3 fully saturated rings. The van der Waals surface area contributed by atoms with Crippen molar-refractivity contribution in [3.8, 4) is 0 Å². The Bertz CT molecular complexity index is 307. The van der Waals surface area contributed by atoms with Crippen LogP contribution in [0.25, 0.3) is 0 Å². The zero-order chi connectivity index (χ0) is 12.8. The third-order valence-corrected chi connectivity index (χ3v) is 5.79. The van der Waals surface area contributed by atoms with Gasteiger partial charge in [0.25, 0.3) is 0 Å². The molecule has 2 saturated carbocycles. The van der Waals surface area contributed by atoms with E-state index in [9.17, 15) is 0 Å². The SMILES string of the molecule is CC12CCC(C1)C(C)(C)C2NCC1CCOCO1. The van der Waals surface area contributed by atoms with Crippen LogP contribution in [0.1, 0.15) is 46.5 Å². The lowest BCUT2D eigenvalue weighted by molar-refractivity contribution is -0.138. The molecule has 104 valence electrons. The lowest BCUT2D eigenvalue weighted by atomic mass is 9.68. The zero-order valence-electron chi connectivity index (χ0n) is 12.0. The van der Waals surface area contributed by atoms with Crippen molar-refractivity contribution in [1.29, 1.82) is 0 Å². The molecule has 3 aliphatic rings. The van der Waals surface area contributed by atoms with Crippen molar-refractivity contribution in [1.82, 2.24) is 5.32 Å². The van der Waals surface area contributed by atoms with Crippen LogP contribution in [0.4, 0.5) is 0 Å². The quantitative estimate of drug-likeness (QED) is 0.838. The fourth-order valence-electron chi connectivity index (χ4n) is 4.72. The largest absolute Gasteiger partial charge is 0.355 e. The average Bonchev–Trinajstić information content (AvgIpc) is 2.81. The fraction of sp³-hybridized carbons (Fsp3) is 1.00. The summed E-state index contributed by atoms with van der Waals surface area (Å²) in [5, 5.41) is 3.83. The molecule has 0 aromatic heterocycles. The Hall–Kier alpha value is -0.120. The van der Waals surface area contributed by atoms with Crippen molar-refractivity contribution >= 4 is 0 Å². The summed E-state index contributed by atoms with van der Waals surface area (Å²) in [4.78, 5) is 0. The maximum atomic E-state index is 5.63. The minimum Gasteiger partial charge on any atom is -0.355 e. The van der Waals surface area contributed by atoms with Crippen LogP contribution in [-0.4, -0.2) is 32.1 Å². The number of ether oxygens (including phenoxy) is 2. The summed E-state index contributed by atoms with van der Waals surface area (Å²) in [6, 6.07) is 0.648. The van der Waals surface area contributed by atoms with Gasteiger partial charge >= 0.3 is 0 Å². The molecule has 1 aliphatic heterocycles. The summed E-state index contributed by atoms with van der Waals surface area (Å²) in [6.45, 7) is 9.68. The molecule has 1 heterocycles. The van der Waals surface area contributed by atoms with Gasteiger partial charge in [0.1, 0.15) is 6.79 Å². The highest BCUT2D eigenvalue weighted by molar-refractivity contribution is 5.12. The molecule has 4 atom stereocenters. The highest BCUT2D eigenvalue weighted by Gasteiger charge is 2.58. The van der Waals surface area contributed by atoms with Crippen LogP contribution >= 0.6 is 0 Å².